The molecule has 1 atom stereocenters. The van der Waals surface area contributed by atoms with Crippen LogP contribution in [0.15, 0.2) is 18.2 Å². The van der Waals surface area contributed by atoms with E-state index in [1.165, 1.54) is 12.1 Å². The molecule has 2 rings (SSSR count). The third kappa shape index (κ3) is 3.88. The largest absolute Gasteiger partial charge is 0.449 e. The highest BCUT2D eigenvalue weighted by atomic mass is 35.5. The molecule has 1 fully saturated rings. The van der Waals surface area contributed by atoms with Gasteiger partial charge >= 0.3 is 5.97 Å². The predicted molar refractivity (Wildman–Crippen MR) is 81.2 cm³/mol. The van der Waals surface area contributed by atoms with E-state index in [1.807, 2.05) is 0 Å². The fourth-order valence-corrected chi connectivity index (χ4v) is 2.61. The number of benzene rings is 1. The molecule has 0 aliphatic carbocycles. The Kier molecular flexibility index (Phi) is 5.07. The SMILES string of the molecule is CC(OC(=O)c1ccc(N)cc1Cl)C(=O)N1CCCCC1. The summed E-state index contributed by atoms with van der Waals surface area (Å²) < 4.78 is 5.22. The molecule has 1 aromatic rings. The van der Waals surface area contributed by atoms with E-state index >= 15 is 0 Å². The standard InChI is InChI=1S/C15H19ClN2O3/c1-10(14(19)18-7-3-2-4-8-18)21-15(20)12-6-5-11(17)9-13(12)16/h5-6,9-10H,2-4,7-8,17H2,1H3. The molecule has 1 heterocycles. The number of halogens is 1. The van der Waals surface area contributed by atoms with Gasteiger partial charge in [0.05, 0.1) is 10.6 Å². The average molecular weight is 311 g/mol. The van der Waals surface area contributed by atoms with E-state index < -0.39 is 12.1 Å². The molecule has 1 amide bonds. The van der Waals surface area contributed by atoms with Crippen LogP contribution >= 0.6 is 11.6 Å². The van der Waals surface area contributed by atoms with Gasteiger partial charge in [0, 0.05) is 18.8 Å². The van der Waals surface area contributed by atoms with Crippen molar-refractivity contribution in [2.75, 3.05) is 18.8 Å². The maximum absolute atomic E-state index is 12.2. The molecule has 1 saturated heterocycles. The van der Waals surface area contributed by atoms with Crippen molar-refractivity contribution >= 4 is 29.2 Å². The minimum atomic E-state index is -0.816. The Labute approximate surface area is 129 Å². The molecular weight excluding hydrogens is 292 g/mol. The van der Waals surface area contributed by atoms with Gasteiger partial charge in [-0.25, -0.2) is 4.79 Å². The zero-order valence-electron chi connectivity index (χ0n) is 12.0. The zero-order chi connectivity index (χ0) is 15.4. The molecule has 0 radical (unpaired) electrons. The van der Waals surface area contributed by atoms with Crippen molar-refractivity contribution in [3.63, 3.8) is 0 Å². The minimum absolute atomic E-state index is 0.158. The summed E-state index contributed by atoms with van der Waals surface area (Å²) in [6.45, 7) is 3.03. The molecule has 0 saturated carbocycles. The highest BCUT2D eigenvalue weighted by molar-refractivity contribution is 6.33. The van der Waals surface area contributed by atoms with Gasteiger partial charge in [0.15, 0.2) is 6.10 Å². The van der Waals surface area contributed by atoms with E-state index in [-0.39, 0.29) is 16.5 Å². The summed E-state index contributed by atoms with van der Waals surface area (Å²) in [4.78, 5) is 26.0. The van der Waals surface area contributed by atoms with E-state index in [4.69, 9.17) is 22.1 Å². The van der Waals surface area contributed by atoms with Gasteiger partial charge in [0.1, 0.15) is 0 Å². The van der Waals surface area contributed by atoms with E-state index in [1.54, 1.807) is 17.9 Å². The summed E-state index contributed by atoms with van der Waals surface area (Å²) in [5, 5.41) is 0.220. The fraction of sp³-hybridized carbons (Fsp3) is 0.467. The second-order valence-electron chi connectivity index (χ2n) is 5.17. The number of hydrogen-bond donors (Lipinski definition) is 1. The van der Waals surface area contributed by atoms with Gasteiger partial charge < -0.3 is 15.4 Å². The minimum Gasteiger partial charge on any atom is -0.449 e. The van der Waals surface area contributed by atoms with Crippen LogP contribution < -0.4 is 5.73 Å². The maximum atomic E-state index is 12.2. The number of anilines is 1. The third-order valence-corrected chi connectivity index (χ3v) is 3.83. The molecule has 114 valence electrons. The number of esters is 1. The molecule has 1 aromatic carbocycles. The van der Waals surface area contributed by atoms with Crippen molar-refractivity contribution in [3.05, 3.63) is 28.8 Å². The molecule has 2 N–H and O–H groups in total. The lowest BCUT2D eigenvalue weighted by atomic mass is 10.1. The lowest BCUT2D eigenvalue weighted by molar-refractivity contribution is -0.140. The Morgan fingerprint density at radius 2 is 1.95 bits per heavy atom. The molecule has 6 heteroatoms. The Morgan fingerprint density at radius 1 is 1.29 bits per heavy atom. The van der Waals surface area contributed by atoms with E-state index in [2.05, 4.69) is 0 Å². The topological polar surface area (TPSA) is 72.6 Å². The van der Waals surface area contributed by atoms with Gasteiger partial charge in [0.25, 0.3) is 5.91 Å². The summed E-state index contributed by atoms with van der Waals surface area (Å²) in [5.74, 6) is -0.771. The monoisotopic (exact) mass is 310 g/mol. The number of nitrogen functional groups attached to an aromatic ring is 1. The molecule has 21 heavy (non-hydrogen) atoms. The number of piperidine rings is 1. The Morgan fingerprint density at radius 3 is 2.57 bits per heavy atom. The predicted octanol–water partition coefficient (Wildman–Crippen LogP) is 2.48. The number of carbonyl (C=O) groups is 2. The number of rotatable bonds is 3. The Hall–Kier alpha value is -1.75. The van der Waals surface area contributed by atoms with Crippen LogP contribution in [0.2, 0.25) is 5.02 Å². The van der Waals surface area contributed by atoms with Crippen LogP contribution in [-0.4, -0.2) is 36.0 Å². The van der Waals surface area contributed by atoms with Crippen molar-refractivity contribution in [2.45, 2.75) is 32.3 Å². The molecule has 1 aliphatic heterocycles. The number of hydrogen-bond acceptors (Lipinski definition) is 4. The quantitative estimate of drug-likeness (QED) is 0.687. The van der Waals surface area contributed by atoms with Gasteiger partial charge in [-0.1, -0.05) is 11.6 Å². The highest BCUT2D eigenvalue weighted by Gasteiger charge is 2.26. The van der Waals surface area contributed by atoms with Gasteiger partial charge in [-0.3, -0.25) is 4.79 Å². The second kappa shape index (κ2) is 6.80. The first-order valence-corrected chi connectivity index (χ1v) is 7.41. The number of ether oxygens (including phenoxy) is 1. The second-order valence-corrected chi connectivity index (χ2v) is 5.58. The van der Waals surface area contributed by atoms with Crippen LogP contribution in [0, 0.1) is 0 Å². The number of nitrogens with two attached hydrogens (primary N) is 1. The van der Waals surface area contributed by atoms with Gasteiger partial charge in [-0.05, 0) is 44.4 Å². The average Bonchev–Trinajstić information content (AvgIpc) is 2.47. The lowest BCUT2D eigenvalue weighted by Crippen LogP contribution is -2.42. The summed E-state index contributed by atoms with van der Waals surface area (Å²) in [6, 6.07) is 4.55. The summed E-state index contributed by atoms with van der Waals surface area (Å²) in [6.07, 6.45) is 2.31. The zero-order valence-corrected chi connectivity index (χ0v) is 12.7. The van der Waals surface area contributed by atoms with Crippen LogP contribution in [0.4, 0.5) is 5.69 Å². The van der Waals surface area contributed by atoms with Gasteiger partial charge in [0.2, 0.25) is 0 Å². The Balaban J connectivity index is 1.99. The van der Waals surface area contributed by atoms with E-state index in [0.29, 0.717) is 5.69 Å². The first-order valence-electron chi connectivity index (χ1n) is 7.04. The number of amides is 1. The molecular formula is C15H19ClN2O3. The number of nitrogens with zero attached hydrogens (tertiary/aromatic N) is 1. The van der Waals surface area contributed by atoms with Crippen LogP contribution in [0.5, 0.6) is 0 Å². The van der Waals surface area contributed by atoms with Crippen molar-refractivity contribution < 1.29 is 14.3 Å². The van der Waals surface area contributed by atoms with Crippen molar-refractivity contribution in [2.24, 2.45) is 0 Å². The molecule has 5 nitrogen and oxygen atoms in total. The fourth-order valence-electron chi connectivity index (χ4n) is 2.34. The molecule has 0 aromatic heterocycles. The molecule has 1 aliphatic rings. The first kappa shape index (κ1) is 15.6. The molecule has 1 unspecified atom stereocenters. The van der Waals surface area contributed by atoms with Crippen LogP contribution in [0.25, 0.3) is 0 Å². The lowest BCUT2D eigenvalue weighted by Gasteiger charge is -2.28. The Bertz CT molecular complexity index is 542. The van der Waals surface area contributed by atoms with E-state index in [0.717, 1.165) is 32.4 Å². The molecule has 0 spiro atoms. The summed E-state index contributed by atoms with van der Waals surface area (Å²) in [7, 11) is 0. The molecule has 0 bridgehead atoms. The number of likely N-dealkylation sites (tertiary alicyclic amines) is 1. The van der Waals surface area contributed by atoms with Gasteiger partial charge in [-0.15, -0.1) is 0 Å². The summed E-state index contributed by atoms with van der Waals surface area (Å²) >= 11 is 5.96. The van der Waals surface area contributed by atoms with Crippen molar-refractivity contribution in [1.29, 1.82) is 0 Å². The number of carbonyl (C=O) groups excluding carboxylic acids is 2. The van der Waals surface area contributed by atoms with Gasteiger partial charge in [-0.2, -0.15) is 0 Å². The van der Waals surface area contributed by atoms with Crippen LogP contribution in [0.1, 0.15) is 36.5 Å². The van der Waals surface area contributed by atoms with Crippen molar-refractivity contribution in [1.82, 2.24) is 4.90 Å². The maximum Gasteiger partial charge on any atom is 0.340 e. The summed E-state index contributed by atoms with van der Waals surface area (Å²) in [5.41, 5.74) is 6.26. The van der Waals surface area contributed by atoms with Crippen LogP contribution in [0.3, 0.4) is 0 Å². The smallest absolute Gasteiger partial charge is 0.340 e. The van der Waals surface area contributed by atoms with Crippen LogP contribution in [-0.2, 0) is 9.53 Å². The first-order chi connectivity index (χ1) is 9.99. The van der Waals surface area contributed by atoms with E-state index in [9.17, 15) is 9.59 Å². The normalized spacial score (nSPS) is 16.4. The highest BCUT2D eigenvalue weighted by Crippen LogP contribution is 2.21. The van der Waals surface area contributed by atoms with Crippen molar-refractivity contribution in [3.8, 4) is 0 Å². The third-order valence-electron chi connectivity index (χ3n) is 3.51.